The van der Waals surface area contributed by atoms with Gasteiger partial charge in [-0.1, -0.05) is 12.1 Å². The van der Waals surface area contributed by atoms with Crippen molar-refractivity contribution in [1.29, 1.82) is 0 Å². The second-order valence-electron chi connectivity index (χ2n) is 3.45. The lowest BCUT2D eigenvalue weighted by Crippen LogP contribution is -2.00. The summed E-state index contributed by atoms with van der Waals surface area (Å²) >= 11 is 2.13. The third-order valence-corrected chi connectivity index (χ3v) is 3.12. The summed E-state index contributed by atoms with van der Waals surface area (Å²) in [6.45, 7) is 0.0175. The van der Waals surface area contributed by atoms with Crippen molar-refractivity contribution in [2.75, 3.05) is 0 Å². The molecule has 0 radical (unpaired) electrons. The number of para-hydroxylation sites is 1. The number of hydrogen-bond donors (Lipinski definition) is 0. The van der Waals surface area contributed by atoms with E-state index in [0.717, 1.165) is 21.8 Å². The first-order chi connectivity index (χ1) is 8.16. The fourth-order valence-electron chi connectivity index (χ4n) is 1.37. The molecule has 0 atom stereocenters. The van der Waals surface area contributed by atoms with Crippen molar-refractivity contribution in [2.24, 2.45) is 0 Å². The highest BCUT2D eigenvalue weighted by atomic mass is 127. The maximum absolute atomic E-state index is 13.3. The molecule has 0 unspecified atom stereocenters. The maximum Gasteiger partial charge on any atom is 0.133 e. The molecule has 17 heavy (non-hydrogen) atoms. The monoisotopic (exact) mass is 346 g/mol. The summed E-state index contributed by atoms with van der Waals surface area (Å²) in [7, 11) is 0. The van der Waals surface area contributed by atoms with Crippen molar-refractivity contribution in [2.45, 2.75) is 6.61 Å². The molecule has 0 bridgehead atoms. The van der Waals surface area contributed by atoms with Crippen LogP contribution in [0.25, 0.3) is 0 Å². The van der Waals surface area contributed by atoms with Gasteiger partial charge in [0.25, 0.3) is 0 Å². The lowest BCUT2D eigenvalue weighted by atomic mass is 10.2. The van der Waals surface area contributed by atoms with Crippen LogP contribution in [0.2, 0.25) is 0 Å². The van der Waals surface area contributed by atoms with Crippen LogP contribution in [0.1, 0.15) is 5.56 Å². The second-order valence-corrected chi connectivity index (χ2v) is 4.62. The van der Waals surface area contributed by atoms with Gasteiger partial charge in [-0.05, 0) is 52.9 Å². The van der Waals surface area contributed by atoms with Crippen molar-refractivity contribution in [3.63, 3.8) is 0 Å². The van der Waals surface area contributed by atoms with Crippen molar-refractivity contribution in [1.82, 2.24) is 0 Å². The van der Waals surface area contributed by atoms with E-state index >= 15 is 0 Å². The summed E-state index contributed by atoms with van der Waals surface area (Å²) in [5, 5.41) is 0. The third-order valence-electron chi connectivity index (χ3n) is 2.23. The number of rotatable bonds is 3. The van der Waals surface area contributed by atoms with Gasteiger partial charge < -0.3 is 4.74 Å². The van der Waals surface area contributed by atoms with E-state index in [9.17, 15) is 8.78 Å². The van der Waals surface area contributed by atoms with Gasteiger partial charge in [-0.3, -0.25) is 0 Å². The molecule has 0 aliphatic heterocycles. The molecule has 0 spiro atoms. The molecule has 2 rings (SSSR count). The van der Waals surface area contributed by atoms with Crippen LogP contribution in [0.4, 0.5) is 8.78 Å². The highest BCUT2D eigenvalue weighted by Gasteiger charge is 2.06. The topological polar surface area (TPSA) is 9.23 Å². The molecule has 0 fully saturated rings. The van der Waals surface area contributed by atoms with E-state index in [-0.39, 0.29) is 12.2 Å². The third kappa shape index (κ3) is 3.15. The van der Waals surface area contributed by atoms with E-state index in [0.29, 0.717) is 5.75 Å². The minimum Gasteiger partial charge on any atom is -0.488 e. The summed E-state index contributed by atoms with van der Waals surface area (Å²) in [5.74, 6) is -0.262. The lowest BCUT2D eigenvalue weighted by molar-refractivity contribution is 0.297. The molecule has 0 heterocycles. The Hall–Kier alpha value is -1.17. The standard InChI is InChI=1S/C13H9F2IO/c14-10-5-6-11(15)9(7-10)8-17-13-4-2-1-3-12(13)16/h1-7H,8H2. The molecular formula is C13H9F2IO. The quantitative estimate of drug-likeness (QED) is 0.759. The fraction of sp³-hybridized carbons (Fsp3) is 0.0769. The highest BCUT2D eigenvalue weighted by Crippen LogP contribution is 2.21. The molecule has 4 heteroatoms. The van der Waals surface area contributed by atoms with Crippen molar-refractivity contribution < 1.29 is 13.5 Å². The van der Waals surface area contributed by atoms with Gasteiger partial charge in [0, 0.05) is 5.56 Å². The molecule has 0 saturated carbocycles. The largest absolute Gasteiger partial charge is 0.488 e. The Morgan fingerprint density at radius 1 is 1.06 bits per heavy atom. The Morgan fingerprint density at radius 2 is 1.82 bits per heavy atom. The fourth-order valence-corrected chi connectivity index (χ4v) is 1.91. The molecule has 0 aliphatic rings. The van der Waals surface area contributed by atoms with E-state index in [1.54, 1.807) is 6.07 Å². The Morgan fingerprint density at radius 3 is 2.59 bits per heavy atom. The summed E-state index contributed by atoms with van der Waals surface area (Å²) in [6, 6.07) is 10.7. The number of ether oxygens (including phenoxy) is 1. The van der Waals surface area contributed by atoms with Gasteiger partial charge in [0.1, 0.15) is 24.0 Å². The van der Waals surface area contributed by atoms with Gasteiger partial charge >= 0.3 is 0 Å². The molecule has 0 saturated heterocycles. The van der Waals surface area contributed by atoms with Crippen LogP contribution in [-0.2, 0) is 6.61 Å². The lowest BCUT2D eigenvalue weighted by Gasteiger charge is -2.08. The highest BCUT2D eigenvalue weighted by molar-refractivity contribution is 14.1. The van der Waals surface area contributed by atoms with Crippen LogP contribution in [-0.4, -0.2) is 0 Å². The molecule has 0 amide bonds. The first kappa shape index (κ1) is 12.3. The number of benzene rings is 2. The van der Waals surface area contributed by atoms with E-state index in [4.69, 9.17) is 4.74 Å². The Labute approximate surface area is 112 Å². The molecule has 88 valence electrons. The van der Waals surface area contributed by atoms with Crippen molar-refractivity contribution >= 4 is 22.6 Å². The van der Waals surface area contributed by atoms with Gasteiger partial charge in [0.2, 0.25) is 0 Å². The molecule has 1 nitrogen and oxygen atoms in total. The molecule has 0 aliphatic carbocycles. The van der Waals surface area contributed by atoms with E-state index in [1.165, 1.54) is 0 Å². The van der Waals surface area contributed by atoms with Crippen molar-refractivity contribution in [3.8, 4) is 5.75 Å². The van der Waals surface area contributed by atoms with Crippen LogP contribution in [0.3, 0.4) is 0 Å². The Kier molecular flexibility index (Phi) is 3.93. The molecule has 0 N–H and O–H groups in total. The van der Waals surface area contributed by atoms with Crippen LogP contribution in [0.5, 0.6) is 5.75 Å². The zero-order chi connectivity index (χ0) is 12.3. The predicted molar refractivity (Wildman–Crippen MR) is 69.8 cm³/mol. The molecule has 2 aromatic carbocycles. The summed E-state index contributed by atoms with van der Waals surface area (Å²) < 4.78 is 32.6. The predicted octanol–water partition coefficient (Wildman–Crippen LogP) is 4.15. The summed E-state index contributed by atoms with van der Waals surface area (Å²) in [4.78, 5) is 0. The summed E-state index contributed by atoms with van der Waals surface area (Å²) in [6.07, 6.45) is 0. The minimum absolute atomic E-state index is 0.0175. The van der Waals surface area contributed by atoms with Crippen LogP contribution in [0.15, 0.2) is 42.5 Å². The minimum atomic E-state index is -0.465. The van der Waals surface area contributed by atoms with Gasteiger partial charge in [0.05, 0.1) is 3.57 Å². The van der Waals surface area contributed by atoms with Crippen LogP contribution >= 0.6 is 22.6 Å². The van der Waals surface area contributed by atoms with Gasteiger partial charge in [-0.15, -0.1) is 0 Å². The summed E-state index contributed by atoms with van der Waals surface area (Å²) in [5.41, 5.74) is 0.213. The van der Waals surface area contributed by atoms with Crippen LogP contribution < -0.4 is 4.74 Å². The maximum atomic E-state index is 13.3. The van der Waals surface area contributed by atoms with E-state index < -0.39 is 11.6 Å². The zero-order valence-corrected chi connectivity index (χ0v) is 10.9. The van der Waals surface area contributed by atoms with Gasteiger partial charge in [-0.2, -0.15) is 0 Å². The SMILES string of the molecule is Fc1ccc(F)c(COc2ccccc2I)c1. The average molecular weight is 346 g/mol. The smallest absolute Gasteiger partial charge is 0.133 e. The number of hydrogen-bond acceptors (Lipinski definition) is 1. The van der Waals surface area contributed by atoms with E-state index in [1.807, 2.05) is 18.2 Å². The molecule has 0 aromatic heterocycles. The van der Waals surface area contributed by atoms with Gasteiger partial charge in [-0.25, -0.2) is 8.78 Å². The Balaban J connectivity index is 2.12. The molecular weight excluding hydrogens is 337 g/mol. The first-order valence-corrected chi connectivity index (χ1v) is 6.06. The molecule has 2 aromatic rings. The number of halogens is 3. The Bertz CT molecular complexity index is 529. The second kappa shape index (κ2) is 5.44. The van der Waals surface area contributed by atoms with Crippen LogP contribution in [0, 0.1) is 15.2 Å². The van der Waals surface area contributed by atoms with Gasteiger partial charge in [0.15, 0.2) is 0 Å². The van der Waals surface area contributed by atoms with E-state index in [2.05, 4.69) is 22.6 Å². The normalized spacial score (nSPS) is 10.3. The van der Waals surface area contributed by atoms with Crippen molar-refractivity contribution in [3.05, 3.63) is 63.2 Å². The first-order valence-electron chi connectivity index (χ1n) is 4.98. The zero-order valence-electron chi connectivity index (χ0n) is 8.79. The average Bonchev–Trinajstić information content (AvgIpc) is 2.32.